The Morgan fingerprint density at radius 3 is 2.61 bits per heavy atom. The van der Waals surface area contributed by atoms with Crippen molar-refractivity contribution in [3.8, 4) is 17.0 Å². The molecule has 1 atom stereocenters. The first-order valence-corrected chi connectivity index (χ1v) is 8.78. The molecule has 0 saturated carbocycles. The molecule has 28 heavy (non-hydrogen) atoms. The Balaban J connectivity index is 1.83. The van der Waals surface area contributed by atoms with Gasteiger partial charge in [-0.2, -0.15) is 5.10 Å². The molecular weight excluding hydrogens is 360 g/mol. The fraction of sp³-hybridized carbons (Fsp3) is 0.250. The lowest BCUT2D eigenvalue weighted by molar-refractivity contribution is -0.113. The molecule has 8 heteroatoms. The number of nitrogens with zero attached hydrogens (tertiary/aromatic N) is 3. The van der Waals surface area contributed by atoms with Gasteiger partial charge >= 0.3 is 0 Å². The Hall–Kier alpha value is -3.23. The number of ether oxygens (including phenoxy) is 2. The number of carbonyl (C=O) groups excluding carboxylic acids is 1. The van der Waals surface area contributed by atoms with Crippen molar-refractivity contribution in [2.24, 2.45) is 0 Å². The van der Waals surface area contributed by atoms with Crippen LogP contribution in [0.15, 0.2) is 48.8 Å². The summed E-state index contributed by atoms with van der Waals surface area (Å²) in [5.41, 5.74) is 3.53. The normalized spacial score (nSPS) is 16.0. The largest absolute Gasteiger partial charge is 0.508 e. The number of fused-ring (bicyclic) bond motifs is 1. The van der Waals surface area contributed by atoms with Crippen molar-refractivity contribution in [3.63, 3.8) is 0 Å². The quantitative estimate of drug-likeness (QED) is 0.637. The van der Waals surface area contributed by atoms with E-state index < -0.39 is 6.29 Å². The number of carbonyl (C=O) groups is 1. The first-order chi connectivity index (χ1) is 13.6. The lowest BCUT2D eigenvalue weighted by atomic mass is 9.97. The molecule has 0 radical (unpaired) electrons. The zero-order valence-corrected chi connectivity index (χ0v) is 15.5. The number of pyridine rings is 1. The number of aromatic nitrogens is 3. The fourth-order valence-corrected chi connectivity index (χ4v) is 3.51. The molecule has 0 saturated heterocycles. The number of amides is 1. The maximum atomic E-state index is 13.1. The van der Waals surface area contributed by atoms with Gasteiger partial charge in [-0.1, -0.05) is 6.07 Å². The van der Waals surface area contributed by atoms with Crippen LogP contribution >= 0.6 is 0 Å². The van der Waals surface area contributed by atoms with Crippen LogP contribution in [0, 0.1) is 0 Å². The summed E-state index contributed by atoms with van der Waals surface area (Å²) < 4.78 is 10.6. The molecule has 1 aliphatic heterocycles. The van der Waals surface area contributed by atoms with Crippen LogP contribution in [0.1, 0.15) is 27.7 Å². The first-order valence-electron chi connectivity index (χ1n) is 8.78. The second kappa shape index (κ2) is 7.41. The van der Waals surface area contributed by atoms with Gasteiger partial charge in [-0.05, 0) is 35.9 Å². The summed E-state index contributed by atoms with van der Waals surface area (Å²) >= 11 is 0. The number of hydrogen-bond donors (Lipinski definition) is 2. The van der Waals surface area contributed by atoms with Crippen molar-refractivity contribution < 1.29 is 19.4 Å². The lowest BCUT2D eigenvalue weighted by Gasteiger charge is -2.28. The van der Waals surface area contributed by atoms with Gasteiger partial charge in [0.05, 0.1) is 18.3 Å². The van der Waals surface area contributed by atoms with Crippen molar-refractivity contribution in [2.75, 3.05) is 20.8 Å². The monoisotopic (exact) mass is 380 g/mol. The zero-order chi connectivity index (χ0) is 19.7. The van der Waals surface area contributed by atoms with E-state index in [-0.39, 0.29) is 24.2 Å². The highest BCUT2D eigenvalue weighted by molar-refractivity contribution is 6.00. The molecule has 2 N–H and O–H groups in total. The van der Waals surface area contributed by atoms with Crippen LogP contribution in [-0.2, 0) is 9.47 Å². The van der Waals surface area contributed by atoms with E-state index in [9.17, 15) is 9.90 Å². The van der Waals surface area contributed by atoms with Gasteiger partial charge in [-0.3, -0.25) is 14.9 Å². The number of phenols is 1. The molecule has 0 fully saturated rings. The van der Waals surface area contributed by atoms with Gasteiger partial charge < -0.3 is 19.5 Å². The van der Waals surface area contributed by atoms with Crippen LogP contribution in [0.4, 0.5) is 0 Å². The second-order valence-corrected chi connectivity index (χ2v) is 6.46. The van der Waals surface area contributed by atoms with Gasteiger partial charge in [0.1, 0.15) is 11.4 Å². The molecule has 144 valence electrons. The highest BCUT2D eigenvalue weighted by Crippen LogP contribution is 2.42. The predicted octanol–water partition coefficient (Wildman–Crippen LogP) is 2.34. The topological polar surface area (TPSA) is 101 Å². The molecule has 1 aromatic carbocycles. The Kier molecular flexibility index (Phi) is 4.81. The van der Waals surface area contributed by atoms with Crippen molar-refractivity contribution in [3.05, 3.63) is 65.6 Å². The van der Waals surface area contributed by atoms with Crippen molar-refractivity contribution in [1.82, 2.24) is 20.1 Å². The van der Waals surface area contributed by atoms with Crippen LogP contribution in [-0.4, -0.2) is 58.1 Å². The zero-order valence-electron chi connectivity index (χ0n) is 15.5. The van der Waals surface area contributed by atoms with Crippen LogP contribution in [0.5, 0.6) is 5.75 Å². The summed E-state index contributed by atoms with van der Waals surface area (Å²) in [6.45, 7) is 0.253. The molecule has 0 spiro atoms. The van der Waals surface area contributed by atoms with E-state index in [4.69, 9.17) is 9.47 Å². The van der Waals surface area contributed by atoms with Crippen LogP contribution in [0.3, 0.4) is 0 Å². The molecule has 0 aliphatic carbocycles. The Morgan fingerprint density at radius 1 is 1.21 bits per heavy atom. The lowest BCUT2D eigenvalue weighted by Crippen LogP contribution is -2.38. The number of aromatic amines is 1. The van der Waals surface area contributed by atoms with E-state index in [0.717, 1.165) is 16.7 Å². The fourth-order valence-electron chi connectivity index (χ4n) is 3.51. The van der Waals surface area contributed by atoms with Crippen LogP contribution in [0.2, 0.25) is 0 Å². The highest BCUT2D eigenvalue weighted by atomic mass is 16.7. The average molecular weight is 380 g/mol. The number of hydrogen-bond acceptors (Lipinski definition) is 6. The van der Waals surface area contributed by atoms with E-state index in [2.05, 4.69) is 15.2 Å². The molecule has 3 heterocycles. The molecular formula is C20H20N4O4. The molecule has 2 aromatic heterocycles. The maximum absolute atomic E-state index is 13.1. The molecule has 1 amide bonds. The van der Waals surface area contributed by atoms with E-state index in [1.165, 1.54) is 14.2 Å². The predicted molar refractivity (Wildman–Crippen MR) is 101 cm³/mol. The van der Waals surface area contributed by atoms with E-state index >= 15 is 0 Å². The SMILES string of the molecule is COC(CN1C(=O)c2[nH]nc(-c3ccc(O)cc3)c2C1c1cccnc1)OC. The number of H-pyrrole nitrogens is 1. The van der Waals surface area contributed by atoms with Gasteiger partial charge in [-0.25, -0.2) is 0 Å². The molecule has 8 nitrogen and oxygen atoms in total. The third-order valence-electron chi connectivity index (χ3n) is 4.88. The summed E-state index contributed by atoms with van der Waals surface area (Å²) in [5, 5.41) is 16.9. The van der Waals surface area contributed by atoms with Gasteiger partial charge in [0.25, 0.3) is 5.91 Å². The van der Waals surface area contributed by atoms with Crippen molar-refractivity contribution in [1.29, 1.82) is 0 Å². The molecule has 0 bridgehead atoms. The minimum absolute atomic E-state index is 0.167. The molecule has 3 aromatic rings. The Bertz CT molecular complexity index is 968. The number of rotatable bonds is 6. The number of methoxy groups -OCH3 is 2. The maximum Gasteiger partial charge on any atom is 0.273 e. The van der Waals surface area contributed by atoms with E-state index in [0.29, 0.717) is 11.4 Å². The van der Waals surface area contributed by atoms with Gasteiger partial charge in [0.2, 0.25) is 0 Å². The number of phenolic OH excluding ortho intramolecular Hbond substituents is 1. The van der Waals surface area contributed by atoms with Crippen LogP contribution in [0.25, 0.3) is 11.3 Å². The summed E-state index contributed by atoms with van der Waals surface area (Å²) in [6, 6.07) is 10.1. The first kappa shape index (κ1) is 18.1. The number of aromatic hydroxyl groups is 1. The Labute approximate surface area is 161 Å². The van der Waals surface area contributed by atoms with E-state index in [1.807, 2.05) is 12.1 Å². The van der Waals surface area contributed by atoms with Gasteiger partial charge in [0.15, 0.2) is 6.29 Å². The van der Waals surface area contributed by atoms with Crippen LogP contribution < -0.4 is 0 Å². The summed E-state index contributed by atoms with van der Waals surface area (Å²) in [4.78, 5) is 19.0. The minimum atomic E-state index is -0.558. The highest BCUT2D eigenvalue weighted by Gasteiger charge is 2.43. The average Bonchev–Trinajstić information content (AvgIpc) is 3.26. The molecule has 4 rings (SSSR count). The van der Waals surface area contributed by atoms with Gasteiger partial charge in [-0.15, -0.1) is 0 Å². The van der Waals surface area contributed by atoms with Gasteiger partial charge in [0, 0.05) is 37.7 Å². The third-order valence-corrected chi connectivity index (χ3v) is 4.88. The Morgan fingerprint density at radius 2 is 1.96 bits per heavy atom. The van der Waals surface area contributed by atoms with Crippen molar-refractivity contribution in [2.45, 2.75) is 12.3 Å². The second-order valence-electron chi connectivity index (χ2n) is 6.46. The summed E-state index contributed by atoms with van der Waals surface area (Å²) in [5.74, 6) is -0.0130. The number of benzene rings is 1. The third kappa shape index (κ3) is 3.02. The van der Waals surface area contributed by atoms with Crippen molar-refractivity contribution >= 4 is 5.91 Å². The smallest absolute Gasteiger partial charge is 0.273 e. The molecule has 1 aliphatic rings. The van der Waals surface area contributed by atoms with E-state index in [1.54, 1.807) is 41.6 Å². The number of nitrogens with one attached hydrogen (secondary N) is 1. The summed E-state index contributed by atoms with van der Waals surface area (Å²) in [6.07, 6.45) is 2.87. The standard InChI is InChI=1S/C20H20N4O4/c1-27-15(28-2)11-24-19(13-4-3-9-21-10-13)16-17(22-23-18(16)20(24)26)12-5-7-14(25)8-6-12/h3-10,15,19,25H,11H2,1-2H3,(H,22,23). The summed E-state index contributed by atoms with van der Waals surface area (Å²) in [7, 11) is 3.08. The minimum Gasteiger partial charge on any atom is -0.508 e. The molecule has 1 unspecified atom stereocenters.